The van der Waals surface area contributed by atoms with Crippen LogP contribution in [0.5, 0.6) is 0 Å². The molecule has 4 rings (SSSR count). The summed E-state index contributed by atoms with van der Waals surface area (Å²) in [5.74, 6) is 0. The van der Waals surface area contributed by atoms with E-state index in [1.165, 1.54) is 22.3 Å². The highest BCUT2D eigenvalue weighted by Crippen LogP contribution is 2.18. The van der Waals surface area contributed by atoms with Gasteiger partial charge in [-0.2, -0.15) is 10.5 Å². The van der Waals surface area contributed by atoms with Crippen LogP contribution in [0.2, 0.25) is 0 Å². The molecule has 0 saturated heterocycles. The molecule has 2 N–H and O–H groups in total. The molecule has 0 aliphatic carbocycles. The fourth-order valence-corrected chi connectivity index (χ4v) is 3.64. The molecule has 4 heteroatoms. The summed E-state index contributed by atoms with van der Waals surface area (Å²) in [6, 6.07) is 16.5. The summed E-state index contributed by atoms with van der Waals surface area (Å²) in [5.41, 5.74) is 6.81. The van der Waals surface area contributed by atoms with Crippen molar-refractivity contribution in [2.75, 3.05) is 19.6 Å². The van der Waals surface area contributed by atoms with Crippen molar-refractivity contribution in [1.82, 2.24) is 10.6 Å². The molecule has 2 aliphatic heterocycles. The van der Waals surface area contributed by atoms with E-state index in [1.54, 1.807) is 0 Å². The second-order valence-electron chi connectivity index (χ2n) is 6.64. The molecule has 0 saturated carbocycles. The molecule has 0 radical (unpaired) electrons. The molecule has 4 nitrogen and oxygen atoms in total. The van der Waals surface area contributed by atoms with Gasteiger partial charge in [0.25, 0.3) is 0 Å². The van der Waals surface area contributed by atoms with Gasteiger partial charge in [-0.15, -0.1) is 0 Å². The number of nitrogens with one attached hydrogen (secondary N) is 2. The Balaban J connectivity index is 0.000000151. The van der Waals surface area contributed by atoms with Gasteiger partial charge in [-0.1, -0.05) is 24.3 Å². The Hall–Kier alpha value is -2.66. The number of nitrogens with zero attached hydrogens (tertiary/aromatic N) is 2. The Morgan fingerprint density at radius 2 is 1.35 bits per heavy atom. The van der Waals surface area contributed by atoms with Gasteiger partial charge in [0.2, 0.25) is 0 Å². The first kappa shape index (κ1) is 18.1. The van der Waals surface area contributed by atoms with Crippen LogP contribution < -0.4 is 10.6 Å². The van der Waals surface area contributed by atoms with Gasteiger partial charge in [-0.05, 0) is 79.7 Å². The maximum Gasteiger partial charge on any atom is 0.0994 e. The van der Waals surface area contributed by atoms with E-state index in [0.29, 0.717) is 0 Å². The molecule has 0 fully saturated rings. The molecule has 2 heterocycles. The molecule has 26 heavy (non-hydrogen) atoms. The Labute approximate surface area is 155 Å². The van der Waals surface area contributed by atoms with Gasteiger partial charge in [-0.25, -0.2) is 0 Å². The minimum absolute atomic E-state index is 0.848. The zero-order valence-corrected chi connectivity index (χ0v) is 15.0. The van der Waals surface area contributed by atoms with E-state index >= 15 is 0 Å². The predicted octanol–water partition coefficient (Wildman–Crippen LogP) is 2.84. The van der Waals surface area contributed by atoms with E-state index in [0.717, 1.165) is 63.0 Å². The summed E-state index contributed by atoms with van der Waals surface area (Å²) >= 11 is 0. The topological polar surface area (TPSA) is 71.6 Å². The zero-order chi connectivity index (χ0) is 18.2. The first-order valence-electron chi connectivity index (χ1n) is 9.26. The summed E-state index contributed by atoms with van der Waals surface area (Å²) in [6.45, 7) is 3.98. The van der Waals surface area contributed by atoms with E-state index in [4.69, 9.17) is 10.5 Å². The molecule has 0 amide bonds. The highest BCUT2D eigenvalue weighted by atomic mass is 14.9. The van der Waals surface area contributed by atoms with Crippen molar-refractivity contribution >= 4 is 0 Å². The van der Waals surface area contributed by atoms with Crippen LogP contribution >= 0.6 is 0 Å². The number of nitriles is 2. The van der Waals surface area contributed by atoms with Crippen LogP contribution in [0.15, 0.2) is 36.4 Å². The highest BCUT2D eigenvalue weighted by molar-refractivity contribution is 5.44. The molecule has 0 unspecified atom stereocenters. The normalized spacial score (nSPS) is 15.6. The number of fused-ring (bicyclic) bond motifs is 2. The lowest BCUT2D eigenvalue weighted by atomic mass is 9.98. The summed E-state index contributed by atoms with van der Waals surface area (Å²) in [7, 11) is 0. The lowest BCUT2D eigenvalue weighted by Gasteiger charge is -2.05. The van der Waals surface area contributed by atoms with Crippen molar-refractivity contribution in [2.45, 2.75) is 32.2 Å². The van der Waals surface area contributed by atoms with Crippen LogP contribution in [0.3, 0.4) is 0 Å². The van der Waals surface area contributed by atoms with Crippen molar-refractivity contribution in [3.63, 3.8) is 0 Å². The van der Waals surface area contributed by atoms with Gasteiger partial charge >= 0.3 is 0 Å². The molecule has 0 bridgehead atoms. The van der Waals surface area contributed by atoms with E-state index in [1.807, 2.05) is 24.3 Å². The number of hydrogen-bond acceptors (Lipinski definition) is 4. The van der Waals surface area contributed by atoms with E-state index in [9.17, 15) is 0 Å². The van der Waals surface area contributed by atoms with E-state index in [-0.39, 0.29) is 0 Å². The van der Waals surface area contributed by atoms with Crippen LogP contribution in [0.1, 0.15) is 39.8 Å². The number of rotatable bonds is 0. The maximum absolute atomic E-state index is 8.92. The van der Waals surface area contributed by atoms with Gasteiger partial charge in [0.05, 0.1) is 23.3 Å². The molecule has 132 valence electrons. The largest absolute Gasteiger partial charge is 0.316 e. The summed E-state index contributed by atoms with van der Waals surface area (Å²) in [6.07, 6.45) is 4.20. The first-order valence-corrected chi connectivity index (χ1v) is 9.26. The Bertz CT molecular complexity index is 771. The zero-order valence-electron chi connectivity index (χ0n) is 15.0. The third kappa shape index (κ3) is 4.29. The highest BCUT2D eigenvalue weighted by Gasteiger charge is 2.11. The van der Waals surface area contributed by atoms with Crippen molar-refractivity contribution in [2.24, 2.45) is 0 Å². The first-order chi connectivity index (χ1) is 12.8. The Kier molecular flexibility index (Phi) is 6.39. The average molecular weight is 344 g/mol. The predicted molar refractivity (Wildman–Crippen MR) is 103 cm³/mol. The third-order valence-corrected chi connectivity index (χ3v) is 5.01. The number of hydrogen-bond donors (Lipinski definition) is 2. The molecule has 2 aliphatic rings. The molecule has 2 aromatic carbocycles. The van der Waals surface area contributed by atoms with Crippen LogP contribution in [-0.2, 0) is 25.8 Å². The standard InChI is InChI=1S/2C11H12N2/c12-7-9-3-1-4-10-8-13-6-2-5-11(9)10;12-8-10-3-1-2-9-4-6-13-7-5-11(9)10/h1,3-4,13H,2,5-6,8H2;1-3,13H,4-7H2. The number of benzene rings is 2. The quantitative estimate of drug-likeness (QED) is 0.771. The van der Waals surface area contributed by atoms with Crippen molar-refractivity contribution < 1.29 is 0 Å². The van der Waals surface area contributed by atoms with Gasteiger partial charge in [-0.3, -0.25) is 0 Å². The molecule has 0 spiro atoms. The van der Waals surface area contributed by atoms with Gasteiger partial charge in [0.15, 0.2) is 0 Å². The van der Waals surface area contributed by atoms with Crippen LogP contribution in [0.25, 0.3) is 0 Å². The van der Waals surface area contributed by atoms with E-state index in [2.05, 4.69) is 34.9 Å². The van der Waals surface area contributed by atoms with Gasteiger partial charge in [0, 0.05) is 6.54 Å². The molecule has 2 aromatic rings. The van der Waals surface area contributed by atoms with Crippen molar-refractivity contribution in [3.05, 3.63) is 69.8 Å². The average Bonchev–Trinajstić information content (AvgIpc) is 3.08. The Morgan fingerprint density at radius 1 is 0.692 bits per heavy atom. The maximum atomic E-state index is 8.92. The van der Waals surface area contributed by atoms with Crippen molar-refractivity contribution in [1.29, 1.82) is 10.5 Å². The van der Waals surface area contributed by atoms with Crippen LogP contribution in [-0.4, -0.2) is 19.6 Å². The molecule has 0 atom stereocenters. The molecular formula is C22H24N4. The van der Waals surface area contributed by atoms with Gasteiger partial charge < -0.3 is 10.6 Å². The monoisotopic (exact) mass is 344 g/mol. The third-order valence-electron chi connectivity index (χ3n) is 5.01. The summed E-state index contributed by atoms with van der Waals surface area (Å²) in [5, 5.41) is 24.5. The second-order valence-corrected chi connectivity index (χ2v) is 6.64. The second kappa shape index (κ2) is 9.15. The smallest absolute Gasteiger partial charge is 0.0994 e. The summed E-state index contributed by atoms with van der Waals surface area (Å²) < 4.78 is 0. The fraction of sp³-hybridized carbons (Fsp3) is 0.364. The summed E-state index contributed by atoms with van der Waals surface area (Å²) in [4.78, 5) is 0. The minimum atomic E-state index is 0.848. The lowest BCUT2D eigenvalue weighted by molar-refractivity contribution is 0.680. The fourth-order valence-electron chi connectivity index (χ4n) is 3.64. The SMILES string of the molecule is N#Cc1cccc2c1CCCNC2.N#Cc1cccc2c1CCNCC2. The Morgan fingerprint density at radius 3 is 2.08 bits per heavy atom. The van der Waals surface area contributed by atoms with Crippen molar-refractivity contribution in [3.8, 4) is 12.1 Å². The van der Waals surface area contributed by atoms with Crippen LogP contribution in [0.4, 0.5) is 0 Å². The molecular weight excluding hydrogens is 320 g/mol. The van der Waals surface area contributed by atoms with Crippen LogP contribution in [0, 0.1) is 22.7 Å². The molecule has 0 aromatic heterocycles. The minimum Gasteiger partial charge on any atom is -0.316 e. The lowest BCUT2D eigenvalue weighted by Crippen LogP contribution is -2.16. The van der Waals surface area contributed by atoms with Gasteiger partial charge in [0.1, 0.15) is 0 Å². The van der Waals surface area contributed by atoms with E-state index < -0.39 is 0 Å².